The molecular weight excluding hydrogens is 534 g/mol. The number of rotatable bonds is 4. The molecule has 8 nitrogen and oxygen atoms in total. The summed E-state index contributed by atoms with van der Waals surface area (Å²) >= 11 is 6.37. The van der Waals surface area contributed by atoms with E-state index in [1.54, 1.807) is 0 Å². The van der Waals surface area contributed by atoms with Gasteiger partial charge >= 0.3 is 0 Å². The van der Waals surface area contributed by atoms with Gasteiger partial charge in [0, 0.05) is 68.4 Å². The number of hydrogen-bond acceptors (Lipinski definition) is 6. The van der Waals surface area contributed by atoms with Gasteiger partial charge in [-0.05, 0) is 74.4 Å². The summed E-state index contributed by atoms with van der Waals surface area (Å²) in [4.78, 5) is 32.8. The Bertz CT molecular complexity index is 1550. The number of hydrogen-bond donors (Lipinski definition) is 0. The van der Waals surface area contributed by atoms with Gasteiger partial charge in [0.1, 0.15) is 17.3 Å². The maximum absolute atomic E-state index is 14.5. The summed E-state index contributed by atoms with van der Waals surface area (Å²) in [7, 11) is 0. The van der Waals surface area contributed by atoms with Crippen LogP contribution in [-0.2, 0) is 11.2 Å². The molecule has 0 radical (unpaired) electrons. The minimum Gasteiger partial charge on any atom is -0.356 e. The normalized spacial score (nSPS) is 26.0. The van der Waals surface area contributed by atoms with Crippen LogP contribution in [0.1, 0.15) is 56.3 Å². The number of carbonyl (C=O) groups is 1. The first-order valence-electron chi connectivity index (χ1n) is 15.5. The number of carbonyl (C=O) groups excluding carboxylic acids is 1. The lowest BCUT2D eigenvalue weighted by molar-refractivity contribution is -0.125. The van der Waals surface area contributed by atoms with Crippen LogP contribution in [0.15, 0.2) is 36.4 Å². The average Bonchev–Trinajstić information content (AvgIpc) is 3.67. The summed E-state index contributed by atoms with van der Waals surface area (Å²) < 4.78 is 2.35. The summed E-state index contributed by atoms with van der Waals surface area (Å²) in [6, 6.07) is 11.1. The fraction of sp³-hybridized carbons (Fsp3) is 0.531. The molecule has 0 unspecified atom stereocenters. The first-order valence-corrected chi connectivity index (χ1v) is 15.9. The van der Waals surface area contributed by atoms with Crippen molar-refractivity contribution < 1.29 is 4.79 Å². The highest BCUT2D eigenvalue weighted by atomic mass is 35.5. The summed E-state index contributed by atoms with van der Waals surface area (Å²) in [5, 5.41) is 1.61. The van der Waals surface area contributed by atoms with E-state index in [0.717, 1.165) is 75.9 Å². The molecule has 2 aromatic heterocycles. The third-order valence-electron chi connectivity index (χ3n) is 10.5. The number of nitrogens with zero attached hydrogens (tertiary/aromatic N) is 7. The van der Waals surface area contributed by atoms with E-state index in [2.05, 4.69) is 77.5 Å². The fourth-order valence-corrected chi connectivity index (χ4v) is 8.57. The van der Waals surface area contributed by atoms with Crippen molar-refractivity contribution in [1.82, 2.24) is 24.3 Å². The molecule has 0 bridgehead atoms. The third-order valence-corrected chi connectivity index (χ3v) is 10.6. The molecule has 7 heterocycles. The highest BCUT2D eigenvalue weighted by Gasteiger charge is 2.51. The maximum atomic E-state index is 14.5. The van der Waals surface area contributed by atoms with Crippen LogP contribution in [-0.4, -0.2) is 82.6 Å². The number of piperidine rings is 1. The van der Waals surface area contributed by atoms with E-state index in [9.17, 15) is 4.79 Å². The molecule has 3 fully saturated rings. The maximum Gasteiger partial charge on any atom is 0.270 e. The molecule has 1 aromatic carbocycles. The summed E-state index contributed by atoms with van der Waals surface area (Å²) in [6.45, 7) is 9.38. The van der Waals surface area contributed by atoms with E-state index in [-0.39, 0.29) is 11.3 Å². The second kappa shape index (κ2) is 9.73. The van der Waals surface area contributed by atoms with Gasteiger partial charge in [0.15, 0.2) is 0 Å². The van der Waals surface area contributed by atoms with Crippen molar-refractivity contribution >= 4 is 45.7 Å². The van der Waals surface area contributed by atoms with Crippen LogP contribution in [0.5, 0.6) is 0 Å². The molecule has 0 saturated carbocycles. The molecule has 0 N–H and O–H groups in total. The number of fused-ring (bicyclic) bond motifs is 3. The van der Waals surface area contributed by atoms with Gasteiger partial charge in [-0.25, -0.2) is 9.97 Å². The standard InChI is InChI=1S/C32H38ClN7O/c1-2-32-11-7-14-38-15-10-23-22-8-3-4-9-24(22)40(28(23)29(32)38)25(21-32)30(41)39-18-16-37(17-19-39)27-20-26(34-31(33)35-27)36-12-5-6-13-36/h3-4,8-9,20-21,29H,2,5-7,10-19H2,1H3/t29-,32+/m1/s1. The Kier molecular flexibility index (Phi) is 6.08. The van der Waals surface area contributed by atoms with Crippen LogP contribution in [0, 0.1) is 5.41 Å². The van der Waals surface area contributed by atoms with E-state index >= 15 is 0 Å². The molecule has 3 aromatic rings. The van der Waals surface area contributed by atoms with Gasteiger partial charge in [0.05, 0.1) is 11.6 Å². The fourth-order valence-electron chi connectivity index (χ4n) is 8.40. The highest BCUT2D eigenvalue weighted by molar-refractivity contribution is 6.28. The molecule has 214 valence electrons. The first-order chi connectivity index (χ1) is 20.1. The number of aromatic nitrogens is 3. The van der Waals surface area contributed by atoms with Gasteiger partial charge in [0.25, 0.3) is 5.91 Å². The molecule has 3 saturated heterocycles. The van der Waals surface area contributed by atoms with E-state index in [1.165, 1.54) is 41.4 Å². The van der Waals surface area contributed by atoms with Crippen LogP contribution < -0.4 is 9.80 Å². The van der Waals surface area contributed by atoms with Crippen molar-refractivity contribution in [2.24, 2.45) is 5.41 Å². The second-order valence-electron chi connectivity index (χ2n) is 12.5. The Hall–Kier alpha value is -3.10. The molecule has 5 aliphatic heterocycles. The Morgan fingerprint density at radius 3 is 2.44 bits per heavy atom. The van der Waals surface area contributed by atoms with E-state index in [1.807, 2.05) is 0 Å². The molecule has 8 rings (SSSR count). The van der Waals surface area contributed by atoms with Gasteiger partial charge in [0.2, 0.25) is 5.28 Å². The van der Waals surface area contributed by atoms with Crippen molar-refractivity contribution in [1.29, 1.82) is 0 Å². The van der Waals surface area contributed by atoms with Crippen molar-refractivity contribution in [3.05, 3.63) is 52.9 Å². The Morgan fingerprint density at radius 2 is 1.68 bits per heavy atom. The van der Waals surface area contributed by atoms with E-state index < -0.39 is 0 Å². The second-order valence-corrected chi connectivity index (χ2v) is 12.8. The molecule has 0 spiro atoms. The lowest BCUT2D eigenvalue weighted by Crippen LogP contribution is -2.53. The smallest absolute Gasteiger partial charge is 0.270 e. The monoisotopic (exact) mass is 571 g/mol. The lowest BCUT2D eigenvalue weighted by atomic mass is 9.66. The molecular formula is C32H38ClN7O. The predicted octanol–water partition coefficient (Wildman–Crippen LogP) is 4.98. The minimum absolute atomic E-state index is 0.00823. The number of amides is 1. The van der Waals surface area contributed by atoms with E-state index in [4.69, 9.17) is 11.6 Å². The van der Waals surface area contributed by atoms with Crippen LogP contribution >= 0.6 is 11.6 Å². The summed E-state index contributed by atoms with van der Waals surface area (Å²) in [6.07, 6.45) is 9.20. The number of benzene rings is 1. The average molecular weight is 572 g/mol. The number of halogens is 1. The van der Waals surface area contributed by atoms with Crippen molar-refractivity contribution in [3.63, 3.8) is 0 Å². The highest BCUT2D eigenvalue weighted by Crippen LogP contribution is 2.57. The first kappa shape index (κ1) is 25.6. The van der Waals surface area contributed by atoms with Gasteiger partial charge in [-0.1, -0.05) is 25.1 Å². The predicted molar refractivity (Wildman–Crippen MR) is 163 cm³/mol. The molecule has 5 aliphatic rings. The molecule has 41 heavy (non-hydrogen) atoms. The Balaban J connectivity index is 1.11. The minimum atomic E-state index is 0.00823. The Labute approximate surface area is 246 Å². The molecule has 0 aliphatic carbocycles. The zero-order valence-corrected chi connectivity index (χ0v) is 24.6. The van der Waals surface area contributed by atoms with E-state index in [0.29, 0.717) is 24.4 Å². The zero-order chi connectivity index (χ0) is 27.7. The van der Waals surface area contributed by atoms with Gasteiger partial charge < -0.3 is 19.3 Å². The number of piperazine rings is 1. The van der Waals surface area contributed by atoms with Gasteiger partial charge in [-0.15, -0.1) is 0 Å². The zero-order valence-electron chi connectivity index (χ0n) is 23.9. The summed E-state index contributed by atoms with van der Waals surface area (Å²) in [5.41, 5.74) is 4.89. The van der Waals surface area contributed by atoms with Gasteiger partial charge in [-0.2, -0.15) is 0 Å². The number of para-hydroxylation sites is 1. The van der Waals surface area contributed by atoms with Crippen molar-refractivity contribution in [3.8, 4) is 0 Å². The van der Waals surface area contributed by atoms with Crippen LogP contribution in [0.2, 0.25) is 5.28 Å². The largest absolute Gasteiger partial charge is 0.356 e. The molecule has 2 atom stereocenters. The Morgan fingerprint density at radius 1 is 0.951 bits per heavy atom. The van der Waals surface area contributed by atoms with Crippen molar-refractivity contribution in [2.75, 3.05) is 62.2 Å². The third kappa shape index (κ3) is 3.93. The molecule has 9 heteroatoms. The summed E-state index contributed by atoms with van der Waals surface area (Å²) in [5.74, 6) is 1.92. The quantitative estimate of drug-likeness (QED) is 0.412. The van der Waals surface area contributed by atoms with Crippen LogP contribution in [0.25, 0.3) is 16.6 Å². The van der Waals surface area contributed by atoms with Crippen LogP contribution in [0.4, 0.5) is 11.6 Å². The van der Waals surface area contributed by atoms with Crippen molar-refractivity contribution in [2.45, 2.75) is 51.5 Å². The topological polar surface area (TPSA) is 60.7 Å². The number of anilines is 2. The van der Waals surface area contributed by atoms with Gasteiger partial charge in [-0.3, -0.25) is 9.69 Å². The SMILES string of the molecule is CC[C@@]12C=C(C(=O)N3CCN(c4cc(N5CCCC5)nc(Cl)n4)CC3)n3c4c(c5ccccc53)CCN(CCC1)[C@H]42. The molecule has 1 amide bonds. The lowest BCUT2D eigenvalue weighted by Gasteiger charge is -2.53. The van der Waals surface area contributed by atoms with Crippen LogP contribution in [0.3, 0.4) is 0 Å².